The van der Waals surface area contributed by atoms with Crippen LogP contribution in [-0.4, -0.2) is 66.2 Å². The van der Waals surface area contributed by atoms with E-state index in [4.69, 9.17) is 25.8 Å². The molecule has 0 unspecified atom stereocenters. The molecule has 1 fully saturated rings. The van der Waals surface area contributed by atoms with Gasteiger partial charge in [0.15, 0.2) is 0 Å². The maximum absolute atomic E-state index is 13.3. The molecule has 2 bridgehead atoms. The summed E-state index contributed by atoms with van der Waals surface area (Å²) in [4.78, 5) is 15.7. The first kappa shape index (κ1) is 31.4. The van der Waals surface area contributed by atoms with Crippen LogP contribution in [0.2, 0.25) is 5.02 Å². The summed E-state index contributed by atoms with van der Waals surface area (Å²) >= 11 is 6.42. The van der Waals surface area contributed by atoms with E-state index in [0.717, 1.165) is 55.9 Å². The van der Waals surface area contributed by atoms with Gasteiger partial charge in [0.1, 0.15) is 5.75 Å². The summed E-state index contributed by atoms with van der Waals surface area (Å²) in [5, 5.41) is 0.744. The highest BCUT2D eigenvalue weighted by molar-refractivity contribution is 7.90. The molecule has 8 nitrogen and oxygen atoms in total. The molecule has 0 saturated heterocycles. The molecule has 5 atom stereocenters. The number of ether oxygens (including phenoxy) is 3. The van der Waals surface area contributed by atoms with Crippen molar-refractivity contribution in [3.63, 3.8) is 0 Å². The summed E-state index contributed by atoms with van der Waals surface area (Å²) < 4.78 is 46.5. The van der Waals surface area contributed by atoms with Gasteiger partial charge in [-0.3, -0.25) is 4.79 Å². The van der Waals surface area contributed by atoms with Gasteiger partial charge in [-0.15, -0.1) is 0 Å². The van der Waals surface area contributed by atoms with Crippen molar-refractivity contribution in [1.29, 1.82) is 0 Å². The fourth-order valence-corrected chi connectivity index (χ4v) is 9.07. The zero-order valence-electron chi connectivity index (χ0n) is 25.6. The van der Waals surface area contributed by atoms with Crippen LogP contribution in [0.15, 0.2) is 48.6 Å². The molecule has 0 aromatic heterocycles. The molecule has 2 heterocycles. The molecule has 0 radical (unpaired) electrons. The van der Waals surface area contributed by atoms with E-state index in [1.165, 1.54) is 11.1 Å². The third kappa shape index (κ3) is 6.66. The Hall–Kier alpha value is -2.59. The van der Waals surface area contributed by atoms with E-state index >= 15 is 0 Å². The van der Waals surface area contributed by atoms with E-state index in [0.29, 0.717) is 49.4 Å². The molecular weight excluding hydrogens is 600 g/mol. The lowest BCUT2D eigenvalue weighted by Crippen LogP contribution is -2.49. The van der Waals surface area contributed by atoms with E-state index in [1.807, 2.05) is 25.1 Å². The van der Waals surface area contributed by atoms with Gasteiger partial charge in [0.25, 0.3) is 5.91 Å². The number of benzene rings is 2. The Bertz CT molecular complexity index is 1510. The first-order chi connectivity index (χ1) is 21.2. The van der Waals surface area contributed by atoms with Crippen molar-refractivity contribution >= 4 is 33.2 Å². The van der Waals surface area contributed by atoms with Gasteiger partial charge >= 0.3 is 0 Å². The topological polar surface area (TPSA) is 94.2 Å². The first-order valence-corrected chi connectivity index (χ1v) is 17.8. The molecule has 2 aliphatic carbocycles. The highest BCUT2D eigenvalue weighted by Gasteiger charge is 2.44. The summed E-state index contributed by atoms with van der Waals surface area (Å²) in [6.45, 7) is 4.92. The number of nitrogens with zero attached hydrogens (tertiary/aromatic N) is 1. The number of carbonyl (C=O) groups is 1. The van der Waals surface area contributed by atoms with Crippen LogP contribution in [0.4, 0.5) is 5.69 Å². The minimum absolute atomic E-state index is 0.0825. The smallest absolute Gasteiger partial charge is 0.264 e. The molecule has 44 heavy (non-hydrogen) atoms. The number of hydrogen-bond donors (Lipinski definition) is 1. The average Bonchev–Trinajstić information content (AvgIpc) is 3.11. The first-order valence-electron chi connectivity index (χ1n) is 15.8. The number of carbonyl (C=O) groups excluding carboxylic acids is 1. The van der Waals surface area contributed by atoms with Gasteiger partial charge in [-0.25, -0.2) is 13.1 Å². The lowest BCUT2D eigenvalue weighted by Gasteiger charge is -2.46. The van der Waals surface area contributed by atoms with E-state index < -0.39 is 15.9 Å². The van der Waals surface area contributed by atoms with Gasteiger partial charge in [0.2, 0.25) is 10.0 Å². The second kappa shape index (κ2) is 13.0. The third-order valence-corrected chi connectivity index (χ3v) is 11.6. The van der Waals surface area contributed by atoms with Crippen LogP contribution < -0.4 is 14.4 Å². The Morgan fingerprint density at radius 2 is 2.02 bits per heavy atom. The largest absolute Gasteiger partial charge is 0.490 e. The van der Waals surface area contributed by atoms with E-state index in [2.05, 4.69) is 27.8 Å². The fourth-order valence-electron chi connectivity index (χ4n) is 7.51. The monoisotopic (exact) mass is 642 g/mol. The Kier molecular flexibility index (Phi) is 9.30. The molecular formula is C34H43ClN2O6S. The zero-order chi connectivity index (χ0) is 30.9. The summed E-state index contributed by atoms with van der Waals surface area (Å²) in [6.07, 6.45) is 9.80. The Morgan fingerprint density at radius 1 is 1.16 bits per heavy atom. The molecule has 1 spiro atoms. The number of allylic oxidation sites excluding steroid dienone is 1. The number of hydrogen-bond acceptors (Lipinski definition) is 7. The van der Waals surface area contributed by atoms with Crippen LogP contribution >= 0.6 is 11.6 Å². The molecule has 6 rings (SSSR count). The van der Waals surface area contributed by atoms with Crippen LogP contribution in [0, 0.1) is 17.8 Å². The minimum Gasteiger partial charge on any atom is -0.490 e. The van der Waals surface area contributed by atoms with Gasteiger partial charge in [0, 0.05) is 36.2 Å². The second-order valence-corrected chi connectivity index (χ2v) is 15.3. The molecule has 2 aromatic rings. The molecule has 1 saturated carbocycles. The van der Waals surface area contributed by atoms with Crippen molar-refractivity contribution in [3.8, 4) is 5.75 Å². The predicted molar refractivity (Wildman–Crippen MR) is 172 cm³/mol. The summed E-state index contributed by atoms with van der Waals surface area (Å²) in [6, 6.07) is 11.5. The molecule has 238 valence electrons. The van der Waals surface area contributed by atoms with E-state index in [-0.39, 0.29) is 23.2 Å². The lowest BCUT2D eigenvalue weighted by molar-refractivity contribution is -0.0309. The molecule has 1 N–H and O–H groups in total. The van der Waals surface area contributed by atoms with Crippen LogP contribution in [0.3, 0.4) is 0 Å². The normalized spacial score (nSPS) is 30.6. The molecule has 2 aliphatic heterocycles. The van der Waals surface area contributed by atoms with E-state index in [1.54, 1.807) is 19.2 Å². The number of halogens is 1. The quantitative estimate of drug-likeness (QED) is 0.346. The molecule has 2 aromatic carbocycles. The van der Waals surface area contributed by atoms with Crippen LogP contribution in [-0.2, 0) is 31.3 Å². The number of fused-ring (bicyclic) bond motifs is 4. The van der Waals surface area contributed by atoms with Gasteiger partial charge in [-0.05, 0) is 97.7 Å². The summed E-state index contributed by atoms with van der Waals surface area (Å²) in [7, 11) is -2.16. The molecule has 10 heteroatoms. The Balaban J connectivity index is 1.40. The van der Waals surface area contributed by atoms with Gasteiger partial charge in [0.05, 0.1) is 37.4 Å². The Morgan fingerprint density at radius 3 is 2.82 bits per heavy atom. The SMILES string of the molecule is COCCO[C@H]1/C=C/C[C@@H](C)CS(=O)(=O)NC(=O)c2ccc3c(c2)N(C[C@@H]2CC[C@H]21)C[C@@]1(CCCc2cc(Cl)ccc21)CO3. The van der Waals surface area contributed by atoms with E-state index in [9.17, 15) is 13.2 Å². The van der Waals surface area contributed by atoms with Gasteiger partial charge < -0.3 is 19.1 Å². The van der Waals surface area contributed by atoms with Crippen LogP contribution in [0.1, 0.15) is 60.5 Å². The van der Waals surface area contributed by atoms with Crippen LogP contribution in [0.5, 0.6) is 5.75 Å². The van der Waals surface area contributed by atoms with Gasteiger partial charge in [-0.2, -0.15) is 0 Å². The highest BCUT2D eigenvalue weighted by Crippen LogP contribution is 2.47. The van der Waals surface area contributed by atoms with Crippen LogP contribution in [0.25, 0.3) is 0 Å². The highest BCUT2D eigenvalue weighted by atomic mass is 35.5. The molecule has 4 aliphatic rings. The summed E-state index contributed by atoms with van der Waals surface area (Å²) in [5.41, 5.74) is 3.43. The van der Waals surface area contributed by atoms with Crippen molar-refractivity contribution < 1.29 is 27.4 Å². The number of sulfonamides is 1. The molecule has 1 amide bonds. The average molecular weight is 643 g/mol. The van der Waals surface area contributed by atoms with Crippen molar-refractivity contribution in [2.75, 3.05) is 50.7 Å². The van der Waals surface area contributed by atoms with Crippen molar-refractivity contribution in [2.45, 2.75) is 57.0 Å². The number of methoxy groups -OCH3 is 1. The minimum atomic E-state index is -3.83. The van der Waals surface area contributed by atoms with Crippen molar-refractivity contribution in [1.82, 2.24) is 4.72 Å². The predicted octanol–water partition coefficient (Wildman–Crippen LogP) is 5.53. The maximum atomic E-state index is 13.3. The number of rotatable bonds is 4. The number of nitrogens with one attached hydrogen (secondary N) is 1. The fraction of sp³-hybridized carbons (Fsp3) is 0.559. The number of aryl methyl sites for hydroxylation is 1. The second-order valence-electron chi connectivity index (χ2n) is 13.1. The number of anilines is 1. The number of amides is 1. The third-order valence-electron chi connectivity index (χ3n) is 9.87. The lowest BCUT2D eigenvalue weighted by atomic mass is 9.68. The van der Waals surface area contributed by atoms with Crippen molar-refractivity contribution in [2.24, 2.45) is 17.8 Å². The summed E-state index contributed by atoms with van der Waals surface area (Å²) in [5.74, 6) is 0.486. The zero-order valence-corrected chi connectivity index (χ0v) is 27.2. The van der Waals surface area contributed by atoms with Gasteiger partial charge in [-0.1, -0.05) is 36.7 Å². The maximum Gasteiger partial charge on any atom is 0.264 e. The van der Waals surface area contributed by atoms with Crippen molar-refractivity contribution in [3.05, 3.63) is 70.3 Å². The Labute approximate surface area is 266 Å². The standard InChI is InChI=1S/C34H43ClN2O6S/c1-23-5-3-7-31(42-16-15-41-2)28-11-8-26(28)19-37-21-34(14-4-6-24-17-27(35)10-12-29(24)34)22-43-32-13-9-25(18-30(32)37)33(38)36-44(39,40)20-23/h3,7,9-10,12-13,17-18,23,26,28,31H,4-6,8,11,14-16,19-22H2,1-2H3,(H,36,38)/b7-3+/t23-,26+,28-,31+,34+/m1/s1.